The van der Waals surface area contributed by atoms with Gasteiger partial charge in [-0.1, -0.05) is 29.3 Å². The molecule has 5 nitrogen and oxygen atoms in total. The Morgan fingerprint density at radius 2 is 1.83 bits per heavy atom. The van der Waals surface area contributed by atoms with Gasteiger partial charge in [0.1, 0.15) is 0 Å². The zero-order valence-corrected chi connectivity index (χ0v) is 15.5. The first-order chi connectivity index (χ1) is 10.7. The molecular formula is C15H20Cl2N2O3S. The first-order valence-corrected chi connectivity index (χ1v) is 9.70. The quantitative estimate of drug-likeness (QED) is 0.808. The van der Waals surface area contributed by atoms with E-state index < -0.39 is 10.0 Å². The lowest BCUT2D eigenvalue weighted by atomic mass is 9.97. The van der Waals surface area contributed by atoms with Gasteiger partial charge in [-0.25, -0.2) is 12.7 Å². The molecule has 0 spiro atoms. The van der Waals surface area contributed by atoms with Gasteiger partial charge in [0.05, 0.1) is 15.8 Å². The summed E-state index contributed by atoms with van der Waals surface area (Å²) >= 11 is 11.8. The fraction of sp³-hybridized carbons (Fsp3) is 0.533. The second-order valence-electron chi connectivity index (χ2n) is 5.91. The highest BCUT2D eigenvalue weighted by molar-refractivity contribution is 7.88. The Kier molecular flexibility index (Phi) is 5.94. The Balaban J connectivity index is 2.01. The van der Waals surface area contributed by atoms with E-state index in [2.05, 4.69) is 0 Å². The molecule has 0 bridgehead atoms. The van der Waals surface area contributed by atoms with Crippen LogP contribution in [-0.4, -0.2) is 50.7 Å². The van der Waals surface area contributed by atoms with Crippen LogP contribution >= 0.6 is 23.2 Å². The number of rotatable bonds is 4. The van der Waals surface area contributed by atoms with E-state index in [1.807, 2.05) is 0 Å². The standard InChI is InChI=1S/C15H20Cl2N2O3S/c1-18(2)15(20)12-5-7-19(8-6-12)23(21,22)10-11-3-4-13(16)14(17)9-11/h3-4,9,12H,5-8,10H2,1-2H3. The van der Waals surface area contributed by atoms with Crippen molar-refractivity contribution in [2.75, 3.05) is 27.2 Å². The second-order valence-corrected chi connectivity index (χ2v) is 8.69. The van der Waals surface area contributed by atoms with Crippen molar-refractivity contribution in [2.45, 2.75) is 18.6 Å². The number of hydrogen-bond acceptors (Lipinski definition) is 3. The molecule has 0 saturated carbocycles. The highest BCUT2D eigenvalue weighted by Crippen LogP contribution is 2.26. The van der Waals surface area contributed by atoms with E-state index in [4.69, 9.17) is 23.2 Å². The Labute approximate surface area is 147 Å². The van der Waals surface area contributed by atoms with Gasteiger partial charge in [-0.2, -0.15) is 0 Å². The van der Waals surface area contributed by atoms with E-state index in [9.17, 15) is 13.2 Å². The highest BCUT2D eigenvalue weighted by Gasteiger charge is 2.31. The molecule has 0 aromatic heterocycles. The van der Waals surface area contributed by atoms with Crippen LogP contribution in [0.3, 0.4) is 0 Å². The third-order valence-electron chi connectivity index (χ3n) is 3.97. The molecule has 1 fully saturated rings. The smallest absolute Gasteiger partial charge is 0.225 e. The molecule has 1 aromatic carbocycles. The number of carbonyl (C=O) groups is 1. The Morgan fingerprint density at radius 1 is 1.22 bits per heavy atom. The molecule has 0 aliphatic carbocycles. The van der Waals surface area contributed by atoms with Crippen molar-refractivity contribution in [3.05, 3.63) is 33.8 Å². The zero-order valence-electron chi connectivity index (χ0n) is 13.1. The molecule has 1 amide bonds. The lowest BCUT2D eigenvalue weighted by Gasteiger charge is -2.31. The molecule has 1 aliphatic heterocycles. The third kappa shape index (κ3) is 4.59. The van der Waals surface area contributed by atoms with E-state index >= 15 is 0 Å². The third-order valence-corrected chi connectivity index (χ3v) is 6.56. The maximum Gasteiger partial charge on any atom is 0.225 e. The highest BCUT2D eigenvalue weighted by atomic mass is 35.5. The minimum Gasteiger partial charge on any atom is -0.349 e. The van der Waals surface area contributed by atoms with E-state index in [1.54, 1.807) is 37.2 Å². The van der Waals surface area contributed by atoms with Crippen LogP contribution in [0.25, 0.3) is 0 Å². The molecule has 0 radical (unpaired) electrons. The van der Waals surface area contributed by atoms with Gasteiger partial charge < -0.3 is 4.90 Å². The number of amides is 1. The fourth-order valence-electron chi connectivity index (χ4n) is 2.68. The fourth-order valence-corrected chi connectivity index (χ4v) is 4.55. The van der Waals surface area contributed by atoms with Crippen molar-refractivity contribution in [2.24, 2.45) is 5.92 Å². The Bertz CT molecular complexity index is 684. The molecule has 1 aromatic rings. The lowest BCUT2D eigenvalue weighted by Crippen LogP contribution is -2.43. The van der Waals surface area contributed by atoms with Gasteiger partial charge in [0, 0.05) is 33.1 Å². The van der Waals surface area contributed by atoms with Crippen LogP contribution in [0.1, 0.15) is 18.4 Å². The van der Waals surface area contributed by atoms with Gasteiger partial charge in [0.15, 0.2) is 0 Å². The summed E-state index contributed by atoms with van der Waals surface area (Å²) in [6.45, 7) is 0.738. The average molecular weight is 379 g/mol. The number of piperidine rings is 1. The first kappa shape index (κ1) is 18.5. The predicted octanol–water partition coefficient (Wildman–Crippen LogP) is 2.62. The molecule has 0 unspecified atom stereocenters. The van der Waals surface area contributed by atoms with Crippen LogP contribution in [0, 0.1) is 5.92 Å². The number of nitrogens with zero attached hydrogens (tertiary/aromatic N) is 2. The molecule has 8 heteroatoms. The summed E-state index contributed by atoms with van der Waals surface area (Å²) in [6.07, 6.45) is 1.11. The van der Waals surface area contributed by atoms with Gasteiger partial charge >= 0.3 is 0 Å². The lowest BCUT2D eigenvalue weighted by molar-refractivity contribution is -0.134. The molecule has 2 rings (SSSR count). The number of sulfonamides is 1. The van der Waals surface area contributed by atoms with Crippen LogP contribution in [0.2, 0.25) is 10.0 Å². The largest absolute Gasteiger partial charge is 0.349 e. The summed E-state index contributed by atoms with van der Waals surface area (Å²) in [6, 6.07) is 4.83. The summed E-state index contributed by atoms with van der Waals surface area (Å²) in [4.78, 5) is 13.5. The summed E-state index contributed by atoms with van der Waals surface area (Å²) in [5.41, 5.74) is 0.603. The molecule has 128 valence electrons. The van der Waals surface area contributed by atoms with Crippen molar-refractivity contribution in [3.63, 3.8) is 0 Å². The van der Waals surface area contributed by atoms with Crippen LogP contribution in [0.15, 0.2) is 18.2 Å². The minimum atomic E-state index is -3.43. The predicted molar refractivity (Wildman–Crippen MR) is 92.1 cm³/mol. The molecule has 1 saturated heterocycles. The van der Waals surface area contributed by atoms with Crippen LogP contribution in [-0.2, 0) is 20.6 Å². The summed E-state index contributed by atoms with van der Waals surface area (Å²) in [7, 11) is 0.00730. The zero-order chi connectivity index (χ0) is 17.2. The van der Waals surface area contributed by atoms with Gasteiger partial charge in [-0.05, 0) is 30.5 Å². The topological polar surface area (TPSA) is 57.7 Å². The van der Waals surface area contributed by atoms with Crippen molar-refractivity contribution < 1.29 is 13.2 Å². The van der Waals surface area contributed by atoms with Gasteiger partial charge in [-0.15, -0.1) is 0 Å². The molecule has 0 atom stereocenters. The summed E-state index contributed by atoms with van der Waals surface area (Å²) in [5.74, 6) is -0.149. The van der Waals surface area contributed by atoms with Gasteiger partial charge in [0.25, 0.3) is 0 Å². The van der Waals surface area contributed by atoms with Gasteiger partial charge in [0.2, 0.25) is 15.9 Å². The molecule has 1 aliphatic rings. The van der Waals surface area contributed by atoms with E-state index in [0.29, 0.717) is 41.5 Å². The molecule has 23 heavy (non-hydrogen) atoms. The van der Waals surface area contributed by atoms with Crippen molar-refractivity contribution in [1.82, 2.24) is 9.21 Å². The molecular weight excluding hydrogens is 359 g/mol. The van der Waals surface area contributed by atoms with Crippen LogP contribution < -0.4 is 0 Å². The van der Waals surface area contributed by atoms with Gasteiger partial charge in [-0.3, -0.25) is 4.79 Å². The first-order valence-electron chi connectivity index (χ1n) is 7.33. The minimum absolute atomic E-state index is 0.0616. The second kappa shape index (κ2) is 7.38. The number of halogens is 2. The average Bonchev–Trinajstić information content (AvgIpc) is 2.50. The number of benzene rings is 1. The van der Waals surface area contributed by atoms with E-state index in [0.717, 1.165) is 0 Å². The van der Waals surface area contributed by atoms with Crippen LogP contribution in [0.5, 0.6) is 0 Å². The van der Waals surface area contributed by atoms with Crippen molar-refractivity contribution in [1.29, 1.82) is 0 Å². The Hall–Kier alpha value is -0.820. The Morgan fingerprint density at radius 3 is 2.35 bits per heavy atom. The molecule has 0 N–H and O–H groups in total. The molecule has 1 heterocycles. The van der Waals surface area contributed by atoms with E-state index in [-0.39, 0.29) is 17.6 Å². The van der Waals surface area contributed by atoms with Crippen molar-refractivity contribution in [3.8, 4) is 0 Å². The summed E-state index contributed by atoms with van der Waals surface area (Å²) in [5, 5.41) is 0.741. The monoisotopic (exact) mass is 378 g/mol. The normalized spacial score (nSPS) is 17.2. The van der Waals surface area contributed by atoms with Crippen molar-refractivity contribution >= 4 is 39.1 Å². The number of hydrogen-bond donors (Lipinski definition) is 0. The SMILES string of the molecule is CN(C)C(=O)C1CCN(S(=O)(=O)Cc2ccc(Cl)c(Cl)c2)CC1. The van der Waals surface area contributed by atoms with Crippen LogP contribution in [0.4, 0.5) is 0 Å². The maximum absolute atomic E-state index is 12.5. The number of carbonyl (C=O) groups excluding carboxylic acids is 1. The summed E-state index contributed by atoms with van der Waals surface area (Å²) < 4.78 is 26.5. The van der Waals surface area contributed by atoms with E-state index in [1.165, 1.54) is 4.31 Å². The maximum atomic E-state index is 12.5.